The van der Waals surface area contributed by atoms with Crippen molar-refractivity contribution in [2.45, 2.75) is 71.5 Å². The van der Waals surface area contributed by atoms with E-state index in [0.29, 0.717) is 17.9 Å². The number of alkyl halides is 1. The van der Waals surface area contributed by atoms with Gasteiger partial charge in [-0.15, -0.1) is 0 Å². The minimum absolute atomic E-state index is 0.00336. The number of ether oxygens (including phenoxy) is 2. The molecule has 1 saturated heterocycles. The predicted octanol–water partition coefficient (Wildman–Crippen LogP) is 4.26. The number of benzene rings is 2. The predicted molar refractivity (Wildman–Crippen MR) is 205 cm³/mol. The van der Waals surface area contributed by atoms with Gasteiger partial charge in [-0.05, 0) is 59.8 Å². The number of nitrogens with two attached hydrogens (primary N) is 3. The van der Waals surface area contributed by atoms with Crippen molar-refractivity contribution >= 4 is 22.7 Å². The van der Waals surface area contributed by atoms with E-state index in [4.69, 9.17) is 26.7 Å². The summed E-state index contributed by atoms with van der Waals surface area (Å²) in [7, 11) is 0. The van der Waals surface area contributed by atoms with Crippen LogP contribution in [-0.2, 0) is 22.1 Å². The Hall–Kier alpha value is -4.46. The third-order valence-electron chi connectivity index (χ3n) is 8.49. The number of guanidine groups is 1. The maximum Gasteiger partial charge on any atom is 0.354 e. The maximum atomic E-state index is 13.3. The molecule has 12 nitrogen and oxygen atoms in total. The first-order chi connectivity index (χ1) is 24.1. The van der Waals surface area contributed by atoms with Crippen LogP contribution in [0.4, 0.5) is 10.1 Å². The first-order valence-corrected chi connectivity index (χ1v) is 17.6. The Balaban J connectivity index is 0.000000238. The van der Waals surface area contributed by atoms with Crippen molar-refractivity contribution in [2.24, 2.45) is 22.2 Å². The van der Waals surface area contributed by atoms with Crippen molar-refractivity contribution in [3.63, 3.8) is 0 Å². The zero-order valence-corrected chi connectivity index (χ0v) is 31.0. The highest BCUT2D eigenvalue weighted by Gasteiger charge is 2.20. The van der Waals surface area contributed by atoms with Crippen LogP contribution in [0, 0.1) is 0 Å². The number of aliphatic imine (C=N–C) groups is 1. The molecule has 2 aromatic carbocycles. The Labute approximate surface area is 300 Å². The third kappa shape index (κ3) is 11.8. The summed E-state index contributed by atoms with van der Waals surface area (Å²) in [5, 5.41) is 4.27. The SMILES string of the molecule is CC(C)(C)c1cc(OC[C@H](F)CN)cc(N2CCOCC2)c1.CC(C)(C)c1cc2cn(-c3ccc(CNCCCN=C(N)N)cc3)c(=O)nc2[nH]1. The van der Waals surface area contributed by atoms with Gasteiger partial charge < -0.3 is 41.9 Å². The summed E-state index contributed by atoms with van der Waals surface area (Å²) in [5.74, 6) is 0.822. The summed E-state index contributed by atoms with van der Waals surface area (Å²) in [4.78, 5) is 26.2. The van der Waals surface area contributed by atoms with Gasteiger partial charge in [0.1, 0.15) is 24.2 Å². The van der Waals surface area contributed by atoms with Gasteiger partial charge in [0.05, 0.1) is 18.9 Å². The zero-order chi connectivity index (χ0) is 37.2. The van der Waals surface area contributed by atoms with Gasteiger partial charge in [-0.2, -0.15) is 4.98 Å². The first-order valence-electron chi connectivity index (χ1n) is 17.6. The fourth-order valence-electron chi connectivity index (χ4n) is 5.36. The minimum atomic E-state index is -1.13. The van der Waals surface area contributed by atoms with Crippen molar-refractivity contribution in [1.82, 2.24) is 19.9 Å². The number of rotatable bonds is 12. The average Bonchev–Trinajstić information content (AvgIpc) is 3.52. The first kappa shape index (κ1) is 39.3. The van der Waals surface area contributed by atoms with E-state index in [2.05, 4.69) is 78.9 Å². The molecule has 4 aromatic rings. The summed E-state index contributed by atoms with van der Waals surface area (Å²) < 4.78 is 25.9. The van der Waals surface area contributed by atoms with Gasteiger partial charge in [0.25, 0.3) is 0 Å². The van der Waals surface area contributed by atoms with Crippen LogP contribution in [0.25, 0.3) is 16.7 Å². The molecular weight excluding hydrogens is 649 g/mol. The number of nitrogens with one attached hydrogen (secondary N) is 2. The number of nitrogens with zero attached hydrogens (tertiary/aromatic N) is 4. The summed E-state index contributed by atoms with van der Waals surface area (Å²) in [6.07, 6.45) is 1.57. The molecule has 278 valence electrons. The molecule has 0 radical (unpaired) electrons. The number of aromatic nitrogens is 3. The molecule has 8 N–H and O–H groups in total. The van der Waals surface area contributed by atoms with E-state index in [1.165, 1.54) is 5.56 Å². The molecule has 0 amide bonds. The Morgan fingerprint density at radius 2 is 1.75 bits per heavy atom. The molecule has 1 atom stereocenters. The molecule has 51 heavy (non-hydrogen) atoms. The van der Waals surface area contributed by atoms with Gasteiger partial charge in [0, 0.05) is 67.2 Å². The van der Waals surface area contributed by atoms with Gasteiger partial charge >= 0.3 is 5.69 Å². The highest BCUT2D eigenvalue weighted by molar-refractivity contribution is 5.76. The van der Waals surface area contributed by atoms with Crippen LogP contribution in [0.1, 0.15) is 64.8 Å². The molecule has 1 aliphatic heterocycles. The number of morpholine rings is 1. The molecule has 1 fully saturated rings. The lowest BCUT2D eigenvalue weighted by Gasteiger charge is -2.31. The van der Waals surface area contributed by atoms with Gasteiger partial charge in [-0.25, -0.2) is 9.18 Å². The second-order valence-corrected chi connectivity index (χ2v) is 14.8. The summed E-state index contributed by atoms with van der Waals surface area (Å²) in [6.45, 7) is 18.2. The minimum Gasteiger partial charge on any atom is -0.490 e. The Morgan fingerprint density at radius 3 is 2.37 bits per heavy atom. The van der Waals surface area contributed by atoms with Crippen molar-refractivity contribution in [3.05, 3.63) is 82.0 Å². The molecule has 0 unspecified atom stereocenters. The topological polar surface area (TPSA) is 175 Å². The Kier molecular flexibility index (Phi) is 13.6. The molecular formula is C38H56FN9O3. The Morgan fingerprint density at radius 1 is 1.04 bits per heavy atom. The third-order valence-corrected chi connectivity index (χ3v) is 8.49. The second kappa shape index (κ2) is 17.7. The van der Waals surface area contributed by atoms with E-state index >= 15 is 0 Å². The largest absolute Gasteiger partial charge is 0.490 e. The molecule has 0 aliphatic carbocycles. The molecule has 13 heteroatoms. The lowest BCUT2D eigenvalue weighted by Crippen LogP contribution is -2.36. The number of anilines is 1. The molecule has 5 rings (SSSR count). The molecule has 0 bridgehead atoms. The zero-order valence-electron chi connectivity index (χ0n) is 31.0. The van der Waals surface area contributed by atoms with Crippen LogP contribution < -0.4 is 37.8 Å². The Bertz CT molecular complexity index is 1780. The lowest BCUT2D eigenvalue weighted by molar-refractivity contribution is 0.122. The van der Waals surface area contributed by atoms with E-state index in [0.717, 1.165) is 73.8 Å². The van der Waals surface area contributed by atoms with Crippen LogP contribution in [0.2, 0.25) is 0 Å². The summed E-state index contributed by atoms with van der Waals surface area (Å²) >= 11 is 0. The summed E-state index contributed by atoms with van der Waals surface area (Å²) in [6, 6.07) is 16.1. The van der Waals surface area contributed by atoms with E-state index in [9.17, 15) is 9.18 Å². The van der Waals surface area contributed by atoms with E-state index in [-0.39, 0.29) is 35.6 Å². The van der Waals surface area contributed by atoms with Crippen molar-refractivity contribution in [2.75, 3.05) is 57.4 Å². The number of fused-ring (bicyclic) bond motifs is 1. The van der Waals surface area contributed by atoms with Crippen LogP contribution in [0.5, 0.6) is 5.75 Å². The number of hydrogen-bond acceptors (Lipinski definition) is 8. The number of halogens is 1. The van der Waals surface area contributed by atoms with Crippen molar-refractivity contribution in [3.8, 4) is 11.4 Å². The monoisotopic (exact) mass is 705 g/mol. The van der Waals surface area contributed by atoms with Gasteiger partial charge in [0.15, 0.2) is 5.96 Å². The highest BCUT2D eigenvalue weighted by atomic mass is 19.1. The quantitative estimate of drug-likeness (QED) is 0.0820. The average molecular weight is 706 g/mol. The normalized spacial score (nSPS) is 14.2. The molecule has 0 saturated carbocycles. The molecule has 2 aromatic heterocycles. The van der Waals surface area contributed by atoms with Crippen molar-refractivity contribution < 1.29 is 13.9 Å². The van der Waals surface area contributed by atoms with Crippen molar-refractivity contribution in [1.29, 1.82) is 0 Å². The molecule has 0 spiro atoms. The standard InChI is InChI=1S/C21H29N7O.C17H27FN2O2/c1-21(2,3)17-11-15-13-28(20(29)27-18(15)26-17)16-7-5-14(6-8-16)12-24-9-4-10-25-19(22)23;1-17(2,3)13-8-15(20-4-6-21-7-5-20)10-16(9-13)22-12-14(18)11-19/h5-8,11,13,24H,4,9-10,12H2,1-3H3,(H4,22,23,25)(H,26,27,29);8-10,14H,4-7,11-12,19H2,1-3H3/t;14-/m.1/s1. The molecule has 3 heterocycles. The van der Waals surface area contributed by atoms with E-state index in [1.807, 2.05) is 42.6 Å². The summed E-state index contributed by atoms with van der Waals surface area (Å²) in [5.41, 5.74) is 21.5. The number of H-pyrrole nitrogens is 1. The fraction of sp³-hybridized carbons (Fsp3) is 0.500. The second-order valence-electron chi connectivity index (χ2n) is 14.8. The van der Waals surface area contributed by atoms with Gasteiger partial charge in [-0.3, -0.25) is 9.56 Å². The fourth-order valence-corrected chi connectivity index (χ4v) is 5.36. The van der Waals surface area contributed by atoms with Crippen LogP contribution in [0.15, 0.2) is 64.5 Å². The van der Waals surface area contributed by atoms with E-state index < -0.39 is 6.17 Å². The van der Waals surface area contributed by atoms with Crippen LogP contribution in [-0.4, -0.2) is 79.2 Å². The smallest absolute Gasteiger partial charge is 0.354 e. The van der Waals surface area contributed by atoms with Crippen LogP contribution >= 0.6 is 0 Å². The maximum absolute atomic E-state index is 13.3. The van der Waals surface area contributed by atoms with E-state index in [1.54, 1.807) is 4.57 Å². The number of hydrogen-bond donors (Lipinski definition) is 5. The number of aromatic amines is 1. The highest BCUT2D eigenvalue weighted by Crippen LogP contribution is 2.32. The van der Waals surface area contributed by atoms with Crippen LogP contribution in [0.3, 0.4) is 0 Å². The van der Waals surface area contributed by atoms with Gasteiger partial charge in [0.2, 0.25) is 0 Å². The lowest BCUT2D eigenvalue weighted by atomic mass is 9.86. The molecule has 1 aliphatic rings. The van der Waals surface area contributed by atoms with Gasteiger partial charge in [-0.1, -0.05) is 53.7 Å².